The van der Waals surface area contributed by atoms with E-state index in [0.29, 0.717) is 0 Å². The van der Waals surface area contributed by atoms with Crippen molar-refractivity contribution in [1.29, 1.82) is 5.41 Å². The lowest BCUT2D eigenvalue weighted by Crippen LogP contribution is -2.70. The Balaban J connectivity index is 3.48. The maximum absolute atomic E-state index is 11.6. The Bertz CT molecular complexity index is 608. The minimum Gasteiger partial charge on any atom is -0.475 e. The van der Waals surface area contributed by atoms with Crippen molar-refractivity contribution in [1.82, 2.24) is 10.6 Å². The van der Waals surface area contributed by atoms with Crippen LogP contribution in [0.2, 0.25) is 0 Å². The van der Waals surface area contributed by atoms with Gasteiger partial charge in [0.05, 0.1) is 18.7 Å². The normalized spacial score (nSPS) is 29.0. The highest BCUT2D eigenvalue weighted by Crippen LogP contribution is 2.50. The fraction of sp³-hybridized carbons (Fsp3) is 0.667. The van der Waals surface area contributed by atoms with Crippen LogP contribution in [-0.4, -0.2) is 73.5 Å². The number of nitrogens with two attached hydrogens (primary N) is 1. The zero-order valence-electron chi connectivity index (χ0n) is 13.6. The van der Waals surface area contributed by atoms with E-state index in [0.717, 1.165) is 13.0 Å². The van der Waals surface area contributed by atoms with Crippen LogP contribution in [-0.2, 0) is 14.1 Å². The second kappa shape index (κ2) is 7.68. The predicted octanol–water partition coefficient (Wildman–Crippen LogP) is -3.14. The molecule has 0 aromatic rings. The summed E-state index contributed by atoms with van der Waals surface area (Å²) in [5, 5.41) is 41.3. The molecule has 0 aromatic carbocycles. The number of ether oxygens (including phenoxy) is 1. The molecule has 25 heavy (non-hydrogen) atoms. The molecular formula is C12H23N4O8P. The maximum Gasteiger partial charge on any atom is 0.390 e. The van der Waals surface area contributed by atoms with Crippen LogP contribution < -0.4 is 16.4 Å². The highest BCUT2D eigenvalue weighted by atomic mass is 31.2. The summed E-state index contributed by atoms with van der Waals surface area (Å²) in [6, 6.07) is -2.34. The van der Waals surface area contributed by atoms with Crippen molar-refractivity contribution < 1.29 is 39.2 Å². The molecule has 1 amide bonds. The van der Waals surface area contributed by atoms with Crippen LogP contribution >= 0.6 is 7.60 Å². The van der Waals surface area contributed by atoms with Crippen molar-refractivity contribution >= 4 is 19.5 Å². The smallest absolute Gasteiger partial charge is 0.390 e. The molecule has 1 aliphatic heterocycles. The van der Waals surface area contributed by atoms with Gasteiger partial charge in [0.2, 0.25) is 11.4 Å². The fourth-order valence-electron chi connectivity index (χ4n) is 2.57. The van der Waals surface area contributed by atoms with E-state index in [1.54, 1.807) is 0 Å². The minimum absolute atomic E-state index is 0.567. The summed E-state index contributed by atoms with van der Waals surface area (Å²) in [7, 11) is -4.92. The van der Waals surface area contributed by atoms with Crippen molar-refractivity contribution in [3.05, 3.63) is 11.6 Å². The predicted molar refractivity (Wildman–Crippen MR) is 85.2 cm³/mol. The van der Waals surface area contributed by atoms with E-state index in [4.69, 9.17) is 21.0 Å². The summed E-state index contributed by atoms with van der Waals surface area (Å²) in [6.07, 6.45) is -2.64. The molecule has 0 unspecified atom stereocenters. The van der Waals surface area contributed by atoms with Crippen molar-refractivity contribution in [3.63, 3.8) is 0 Å². The maximum atomic E-state index is 11.6. The fourth-order valence-corrected chi connectivity index (χ4v) is 3.24. The molecule has 0 fully saturated rings. The lowest BCUT2D eigenvalue weighted by atomic mass is 9.81. The van der Waals surface area contributed by atoms with Crippen LogP contribution in [0.4, 0.5) is 0 Å². The van der Waals surface area contributed by atoms with Crippen LogP contribution in [0.1, 0.15) is 13.8 Å². The molecule has 13 heteroatoms. The lowest BCUT2D eigenvalue weighted by Gasteiger charge is -2.48. The minimum atomic E-state index is -4.92. The first-order valence-electron chi connectivity index (χ1n) is 7.14. The average molecular weight is 382 g/mol. The molecule has 0 spiro atoms. The van der Waals surface area contributed by atoms with E-state index in [9.17, 15) is 29.4 Å². The molecule has 0 aromatic heterocycles. The number of amides is 1. The summed E-state index contributed by atoms with van der Waals surface area (Å²) in [5.41, 5.74) is 2.47. The monoisotopic (exact) mass is 382 g/mol. The van der Waals surface area contributed by atoms with E-state index < -0.39 is 61.5 Å². The molecule has 0 radical (unpaired) electrons. The number of nitrogens with one attached hydrogen (secondary N) is 3. The van der Waals surface area contributed by atoms with Gasteiger partial charge in [0.1, 0.15) is 12.2 Å². The Hall–Kier alpha value is -1.69. The van der Waals surface area contributed by atoms with Crippen molar-refractivity contribution in [2.24, 2.45) is 5.73 Å². The van der Waals surface area contributed by atoms with Crippen LogP contribution in [0.15, 0.2) is 11.6 Å². The first-order chi connectivity index (χ1) is 11.3. The molecule has 0 saturated heterocycles. The lowest BCUT2D eigenvalue weighted by molar-refractivity contribution is -0.160. The Morgan fingerprint density at radius 2 is 2.04 bits per heavy atom. The van der Waals surface area contributed by atoms with Crippen LogP contribution in [0.5, 0.6) is 0 Å². The van der Waals surface area contributed by atoms with Crippen LogP contribution in [0, 0.1) is 5.41 Å². The van der Waals surface area contributed by atoms with Gasteiger partial charge in [-0.15, -0.1) is 0 Å². The topological polar surface area (TPSA) is 218 Å². The number of guanidine groups is 1. The number of hydrogen-bond donors (Lipinski definition) is 9. The Labute approximate surface area is 143 Å². The quantitative estimate of drug-likeness (QED) is 0.128. The van der Waals surface area contributed by atoms with Gasteiger partial charge in [0.25, 0.3) is 0 Å². The van der Waals surface area contributed by atoms with Gasteiger partial charge in [-0.3, -0.25) is 14.8 Å². The number of carbonyl (C=O) groups is 1. The number of hydrogen-bond acceptors (Lipinski definition) is 7. The van der Waals surface area contributed by atoms with Gasteiger partial charge >= 0.3 is 7.60 Å². The number of aliphatic hydroxyl groups excluding tert-OH is 3. The number of rotatable bonds is 6. The first-order valence-corrected chi connectivity index (χ1v) is 8.75. The SMILES string of the molecule is CC(=O)N[C@@H]1[C@@H](NC(=N)N)C=C(P(=O)(O)O)O[C@@]1(C)[C@H](O)[C@H](O)CO. The van der Waals surface area contributed by atoms with Gasteiger partial charge in [-0.2, -0.15) is 0 Å². The van der Waals surface area contributed by atoms with Crippen molar-refractivity contribution in [2.45, 2.75) is 43.7 Å². The molecule has 10 N–H and O–H groups in total. The van der Waals surface area contributed by atoms with E-state index in [-0.39, 0.29) is 0 Å². The second-order valence-electron chi connectivity index (χ2n) is 5.79. The Morgan fingerprint density at radius 1 is 1.48 bits per heavy atom. The largest absolute Gasteiger partial charge is 0.475 e. The van der Waals surface area contributed by atoms with E-state index >= 15 is 0 Å². The molecule has 144 valence electrons. The average Bonchev–Trinajstić information content (AvgIpc) is 2.47. The molecule has 0 aliphatic carbocycles. The summed E-state index contributed by atoms with van der Waals surface area (Å²) in [5.74, 6) is -1.14. The summed E-state index contributed by atoms with van der Waals surface area (Å²) >= 11 is 0. The highest BCUT2D eigenvalue weighted by molar-refractivity contribution is 7.56. The third-order valence-electron chi connectivity index (χ3n) is 3.73. The van der Waals surface area contributed by atoms with Gasteiger partial charge in [0, 0.05) is 6.92 Å². The molecule has 5 atom stereocenters. The third-order valence-corrected chi connectivity index (χ3v) is 4.54. The Morgan fingerprint density at radius 3 is 2.44 bits per heavy atom. The number of carbonyl (C=O) groups excluding carboxylic acids is 1. The summed E-state index contributed by atoms with van der Waals surface area (Å²) < 4.78 is 16.9. The molecule has 1 aliphatic rings. The first kappa shape index (κ1) is 21.4. The number of aliphatic hydroxyl groups is 3. The van der Waals surface area contributed by atoms with Crippen LogP contribution in [0.25, 0.3) is 0 Å². The Kier molecular flexibility index (Phi) is 6.56. The van der Waals surface area contributed by atoms with Crippen LogP contribution in [0.3, 0.4) is 0 Å². The van der Waals surface area contributed by atoms with E-state index in [2.05, 4.69) is 10.6 Å². The van der Waals surface area contributed by atoms with Crippen molar-refractivity contribution in [2.75, 3.05) is 6.61 Å². The third kappa shape index (κ3) is 4.91. The zero-order valence-corrected chi connectivity index (χ0v) is 14.5. The molecule has 12 nitrogen and oxygen atoms in total. The molecule has 0 saturated carbocycles. The van der Waals surface area contributed by atoms with E-state index in [1.807, 2.05) is 0 Å². The summed E-state index contributed by atoms with van der Waals surface area (Å²) in [4.78, 5) is 30.3. The summed E-state index contributed by atoms with van der Waals surface area (Å²) in [6.45, 7) is 1.48. The highest BCUT2D eigenvalue weighted by Gasteiger charge is 2.54. The van der Waals surface area contributed by atoms with Gasteiger partial charge in [-0.25, -0.2) is 0 Å². The molecule has 1 rings (SSSR count). The standard InChI is InChI=1S/C12H23N4O8P/c1-5(18)15-9-6(16-11(13)14)3-8(25(21,22)23)24-12(9,2)10(20)7(19)4-17/h3,6-7,9-10,17,19-20H,4H2,1-2H3,(H,15,18)(H4,13,14,16)(H2,21,22,23)/t6-,7+,9+,10+,12+/m0/s1. The van der Waals surface area contributed by atoms with Gasteiger partial charge in [-0.1, -0.05) is 0 Å². The van der Waals surface area contributed by atoms with Gasteiger partial charge in [-0.05, 0) is 13.0 Å². The van der Waals surface area contributed by atoms with E-state index in [1.165, 1.54) is 6.92 Å². The van der Waals surface area contributed by atoms with Gasteiger partial charge in [0.15, 0.2) is 11.6 Å². The molecule has 0 bridgehead atoms. The van der Waals surface area contributed by atoms with Crippen molar-refractivity contribution in [3.8, 4) is 0 Å². The van der Waals surface area contributed by atoms with Gasteiger partial charge < -0.3 is 46.2 Å². The second-order valence-corrected chi connectivity index (χ2v) is 7.32. The molecule has 1 heterocycles. The molecular weight excluding hydrogens is 359 g/mol. The zero-order chi connectivity index (χ0) is 19.6.